The number of nitrogens with one attached hydrogen (secondary N) is 5. The van der Waals surface area contributed by atoms with Crippen LogP contribution >= 0.6 is 0 Å². The molecule has 0 aliphatic carbocycles. The standard InChI is InChI=1S/C35H55N5O8/c1-7-9-10-14-17-25-19-27(42)36-20-28(43)38-29(21(3)4)33(45)37-26(18-24-15-12-11-13-16-24)32(44)40-31(23(6)41)34(46)39-30(22(5)8-2)35(47)48-25/h11-13,15-16,21-23,25-26,29-31,41H,7-10,14,17-20H2,1-6H3,(H,36,42)(H,37,45)(H,38,43)(H,39,46)(H,40,44)/t22-,23+,25+,26+,29-,30-,31-/m0/s1. The van der Waals surface area contributed by atoms with Crippen LogP contribution in [-0.4, -0.2) is 83.5 Å². The zero-order valence-corrected chi connectivity index (χ0v) is 29.2. The van der Waals surface area contributed by atoms with Gasteiger partial charge in [0.25, 0.3) is 0 Å². The van der Waals surface area contributed by atoms with E-state index in [9.17, 15) is 33.9 Å². The quantitative estimate of drug-likeness (QED) is 0.151. The van der Waals surface area contributed by atoms with Gasteiger partial charge in [0.2, 0.25) is 29.5 Å². The van der Waals surface area contributed by atoms with Gasteiger partial charge in [-0.15, -0.1) is 0 Å². The van der Waals surface area contributed by atoms with Crippen molar-refractivity contribution in [2.75, 3.05) is 6.54 Å². The lowest BCUT2D eigenvalue weighted by atomic mass is 9.97. The second kappa shape index (κ2) is 20.4. The van der Waals surface area contributed by atoms with E-state index >= 15 is 0 Å². The lowest BCUT2D eigenvalue weighted by molar-refractivity contribution is -0.156. The minimum atomic E-state index is -1.48. The Morgan fingerprint density at radius 3 is 2.02 bits per heavy atom. The summed E-state index contributed by atoms with van der Waals surface area (Å²) in [7, 11) is 0. The van der Waals surface area contributed by atoms with Crippen LogP contribution in [0.1, 0.15) is 92.1 Å². The molecule has 268 valence electrons. The van der Waals surface area contributed by atoms with Crippen molar-refractivity contribution in [3.63, 3.8) is 0 Å². The molecule has 1 saturated heterocycles. The number of benzene rings is 1. The lowest BCUT2D eigenvalue weighted by Crippen LogP contribution is -2.61. The van der Waals surface area contributed by atoms with Gasteiger partial charge in [-0.25, -0.2) is 4.79 Å². The third-order valence-electron chi connectivity index (χ3n) is 8.53. The molecule has 1 aliphatic rings. The van der Waals surface area contributed by atoms with E-state index in [4.69, 9.17) is 4.74 Å². The summed E-state index contributed by atoms with van der Waals surface area (Å²) < 4.78 is 5.82. The maximum absolute atomic E-state index is 13.7. The highest BCUT2D eigenvalue weighted by Gasteiger charge is 2.36. The van der Waals surface area contributed by atoms with Gasteiger partial charge in [0.05, 0.1) is 19.1 Å². The number of esters is 1. The monoisotopic (exact) mass is 673 g/mol. The summed E-state index contributed by atoms with van der Waals surface area (Å²) in [5, 5.41) is 23.7. The van der Waals surface area contributed by atoms with Crippen LogP contribution in [0.4, 0.5) is 0 Å². The maximum atomic E-state index is 13.7. The van der Waals surface area contributed by atoms with E-state index in [1.807, 2.05) is 6.92 Å². The van der Waals surface area contributed by atoms with Gasteiger partial charge in [-0.3, -0.25) is 24.0 Å². The van der Waals surface area contributed by atoms with Crippen molar-refractivity contribution < 1.29 is 38.6 Å². The van der Waals surface area contributed by atoms with Gasteiger partial charge in [-0.1, -0.05) is 90.6 Å². The Morgan fingerprint density at radius 1 is 0.771 bits per heavy atom. The number of cyclic esters (lactones) is 1. The SMILES string of the molecule is CCCCCC[C@@H]1CC(=O)NCC(=O)N[C@@H](C(C)C)C(=O)N[C@H](Cc2ccccc2)C(=O)N[C@@H]([C@@H](C)O)C(=O)N[C@@H]([C@@H](C)CC)C(=O)O1. The third-order valence-corrected chi connectivity index (χ3v) is 8.53. The number of hydrogen-bond acceptors (Lipinski definition) is 8. The minimum Gasteiger partial charge on any atom is -0.460 e. The molecule has 13 nitrogen and oxygen atoms in total. The van der Waals surface area contributed by atoms with Crippen molar-refractivity contribution >= 4 is 35.5 Å². The summed E-state index contributed by atoms with van der Waals surface area (Å²) in [6, 6.07) is 4.04. The van der Waals surface area contributed by atoms with Crippen molar-refractivity contribution in [1.29, 1.82) is 0 Å². The molecule has 5 amide bonds. The molecule has 0 bridgehead atoms. The molecule has 1 aliphatic heterocycles. The largest absolute Gasteiger partial charge is 0.460 e. The molecule has 1 fully saturated rings. The van der Waals surface area contributed by atoms with Gasteiger partial charge in [0, 0.05) is 6.42 Å². The molecule has 0 unspecified atom stereocenters. The summed E-state index contributed by atoms with van der Waals surface area (Å²) in [5.41, 5.74) is 0.714. The lowest BCUT2D eigenvalue weighted by Gasteiger charge is -2.29. The highest BCUT2D eigenvalue weighted by molar-refractivity contribution is 5.96. The Morgan fingerprint density at radius 2 is 1.42 bits per heavy atom. The van der Waals surface area contributed by atoms with E-state index in [0.29, 0.717) is 24.8 Å². The van der Waals surface area contributed by atoms with Crippen molar-refractivity contribution in [3.8, 4) is 0 Å². The number of carbonyl (C=O) groups is 6. The van der Waals surface area contributed by atoms with E-state index in [-0.39, 0.29) is 18.8 Å². The fourth-order valence-corrected chi connectivity index (χ4v) is 5.35. The van der Waals surface area contributed by atoms with E-state index < -0.39 is 84.3 Å². The number of hydrogen-bond donors (Lipinski definition) is 6. The Labute approximate surface area is 284 Å². The molecule has 48 heavy (non-hydrogen) atoms. The van der Waals surface area contributed by atoms with E-state index in [0.717, 1.165) is 19.3 Å². The topological polar surface area (TPSA) is 192 Å². The van der Waals surface area contributed by atoms with Crippen LogP contribution in [0.2, 0.25) is 0 Å². The number of aliphatic hydroxyl groups excluding tert-OH is 1. The first-order valence-electron chi connectivity index (χ1n) is 17.2. The first kappa shape index (κ1) is 40.2. The Kier molecular flexibility index (Phi) is 17.1. The van der Waals surface area contributed by atoms with Gasteiger partial charge in [-0.2, -0.15) is 0 Å². The van der Waals surface area contributed by atoms with Crippen molar-refractivity contribution in [3.05, 3.63) is 35.9 Å². The molecule has 0 saturated carbocycles. The molecular weight excluding hydrogens is 618 g/mol. The molecule has 0 radical (unpaired) electrons. The molecule has 13 heteroatoms. The van der Waals surface area contributed by atoms with Crippen LogP contribution in [0, 0.1) is 11.8 Å². The highest BCUT2D eigenvalue weighted by Crippen LogP contribution is 2.17. The second-order valence-electron chi connectivity index (χ2n) is 13.0. The van der Waals surface area contributed by atoms with Crippen molar-refractivity contribution in [2.24, 2.45) is 11.8 Å². The first-order chi connectivity index (χ1) is 22.8. The number of amides is 5. The van der Waals surface area contributed by atoms with E-state index in [1.54, 1.807) is 51.1 Å². The van der Waals surface area contributed by atoms with Crippen LogP contribution in [0.25, 0.3) is 0 Å². The van der Waals surface area contributed by atoms with Gasteiger partial charge in [0.1, 0.15) is 30.3 Å². The molecule has 1 heterocycles. The predicted octanol–water partition coefficient (Wildman–Crippen LogP) is 1.65. The second-order valence-corrected chi connectivity index (χ2v) is 13.0. The Bertz CT molecular complexity index is 1220. The molecule has 0 aromatic heterocycles. The van der Waals surface area contributed by atoms with Crippen molar-refractivity contribution in [2.45, 2.75) is 129 Å². The molecule has 0 spiro atoms. The maximum Gasteiger partial charge on any atom is 0.329 e. The molecule has 7 atom stereocenters. The molecule has 1 aromatic carbocycles. The molecule has 2 rings (SSSR count). The number of ether oxygens (including phenoxy) is 1. The molecular formula is C35H55N5O8. The normalized spacial score (nSPS) is 25.2. The fraction of sp³-hybridized carbons (Fsp3) is 0.657. The first-order valence-corrected chi connectivity index (χ1v) is 17.2. The van der Waals surface area contributed by atoms with Gasteiger partial charge in [-0.05, 0) is 37.2 Å². The van der Waals surface area contributed by atoms with Gasteiger partial charge >= 0.3 is 5.97 Å². The minimum absolute atomic E-state index is 0.0445. The van der Waals surface area contributed by atoms with Crippen LogP contribution < -0.4 is 26.6 Å². The van der Waals surface area contributed by atoms with Crippen LogP contribution in [0.15, 0.2) is 30.3 Å². The smallest absolute Gasteiger partial charge is 0.329 e. The van der Waals surface area contributed by atoms with E-state index in [1.165, 1.54) is 6.92 Å². The third kappa shape index (κ3) is 13.2. The van der Waals surface area contributed by atoms with Gasteiger partial charge in [0.15, 0.2) is 0 Å². The molecule has 6 N–H and O–H groups in total. The number of rotatable bonds is 11. The Balaban J connectivity index is 2.51. The van der Waals surface area contributed by atoms with Crippen LogP contribution in [0.3, 0.4) is 0 Å². The summed E-state index contributed by atoms with van der Waals surface area (Å²) >= 11 is 0. The average molecular weight is 674 g/mol. The zero-order chi connectivity index (χ0) is 35.8. The Hall–Kier alpha value is -4.00. The molecule has 1 aromatic rings. The van der Waals surface area contributed by atoms with Crippen LogP contribution in [-0.2, 0) is 39.9 Å². The predicted molar refractivity (Wildman–Crippen MR) is 180 cm³/mol. The van der Waals surface area contributed by atoms with E-state index in [2.05, 4.69) is 33.5 Å². The average Bonchev–Trinajstić information content (AvgIpc) is 3.04. The summed E-state index contributed by atoms with van der Waals surface area (Å²) in [6.07, 6.45) is 2.09. The highest BCUT2D eigenvalue weighted by atomic mass is 16.5. The number of unbranched alkanes of at least 4 members (excludes halogenated alkanes) is 3. The van der Waals surface area contributed by atoms with Crippen molar-refractivity contribution in [1.82, 2.24) is 26.6 Å². The van der Waals surface area contributed by atoms with Gasteiger partial charge < -0.3 is 36.4 Å². The van der Waals surface area contributed by atoms with Crippen LogP contribution in [0.5, 0.6) is 0 Å². The number of carbonyl (C=O) groups excluding carboxylic acids is 6. The zero-order valence-electron chi connectivity index (χ0n) is 29.2. The number of aliphatic hydroxyl groups is 1. The fourth-order valence-electron chi connectivity index (χ4n) is 5.35. The summed E-state index contributed by atoms with van der Waals surface area (Å²) in [5.74, 6) is -4.85. The summed E-state index contributed by atoms with van der Waals surface area (Å²) in [4.78, 5) is 80.3. The summed E-state index contributed by atoms with van der Waals surface area (Å²) in [6.45, 7) is 10.0.